The molecule has 0 aliphatic rings. The van der Waals surface area contributed by atoms with Gasteiger partial charge >= 0.3 is 6.18 Å². The van der Waals surface area contributed by atoms with Crippen LogP contribution >= 0.6 is 11.8 Å². The third kappa shape index (κ3) is 3.01. The fourth-order valence-corrected chi connectivity index (χ4v) is 3.04. The van der Waals surface area contributed by atoms with Crippen molar-refractivity contribution in [1.29, 1.82) is 0 Å². The Hall–Kier alpha value is -2.35. The van der Waals surface area contributed by atoms with Crippen LogP contribution in [0.5, 0.6) is 0 Å². The van der Waals surface area contributed by atoms with Crippen LogP contribution in [-0.2, 0) is 6.18 Å². The Morgan fingerprint density at radius 1 is 1.25 bits per heavy atom. The Morgan fingerprint density at radius 3 is 2.75 bits per heavy atom. The highest BCUT2D eigenvalue weighted by atomic mass is 32.2. The second-order valence-electron chi connectivity index (χ2n) is 4.92. The smallest absolute Gasteiger partial charge is 0.267 e. The molecule has 0 spiro atoms. The van der Waals surface area contributed by atoms with E-state index in [9.17, 15) is 18.0 Å². The van der Waals surface area contributed by atoms with Gasteiger partial charge in [-0.3, -0.25) is 4.79 Å². The zero-order valence-corrected chi connectivity index (χ0v) is 13.4. The standard InChI is InChI=1S/C16H12F3N3OS/c1-2-24-13-4-3-7-20-14(13)22-15(23)12-6-5-11(16(17,18)19)8-10(12)9-21-22/h3-9H,2H2,1H3. The molecule has 0 fully saturated rings. The van der Waals surface area contributed by atoms with Crippen molar-refractivity contribution in [3.05, 3.63) is 58.6 Å². The van der Waals surface area contributed by atoms with Gasteiger partial charge in [-0.2, -0.15) is 23.0 Å². The normalized spacial score (nSPS) is 11.8. The van der Waals surface area contributed by atoms with Gasteiger partial charge in [-0.1, -0.05) is 6.92 Å². The van der Waals surface area contributed by atoms with Crippen LogP contribution in [0.15, 0.2) is 52.4 Å². The van der Waals surface area contributed by atoms with Crippen molar-refractivity contribution < 1.29 is 13.2 Å². The van der Waals surface area contributed by atoms with E-state index in [1.54, 1.807) is 12.3 Å². The van der Waals surface area contributed by atoms with Gasteiger partial charge in [0.2, 0.25) is 0 Å². The van der Waals surface area contributed by atoms with Crippen molar-refractivity contribution in [2.24, 2.45) is 0 Å². The van der Waals surface area contributed by atoms with Crippen LogP contribution in [0.3, 0.4) is 0 Å². The molecular weight excluding hydrogens is 339 g/mol. The van der Waals surface area contributed by atoms with Gasteiger partial charge in [0.15, 0.2) is 5.82 Å². The van der Waals surface area contributed by atoms with E-state index in [0.29, 0.717) is 5.82 Å². The third-order valence-corrected chi connectivity index (χ3v) is 4.28. The summed E-state index contributed by atoms with van der Waals surface area (Å²) in [6.45, 7) is 1.97. The Balaban J connectivity index is 2.19. The van der Waals surface area contributed by atoms with E-state index in [2.05, 4.69) is 10.1 Å². The molecule has 3 aromatic rings. The zero-order chi connectivity index (χ0) is 17.3. The van der Waals surface area contributed by atoms with Gasteiger partial charge in [0.1, 0.15) is 0 Å². The predicted molar refractivity (Wildman–Crippen MR) is 86.5 cm³/mol. The highest BCUT2D eigenvalue weighted by Gasteiger charge is 2.30. The van der Waals surface area contributed by atoms with E-state index in [4.69, 9.17) is 0 Å². The first kappa shape index (κ1) is 16.5. The molecule has 0 aliphatic heterocycles. The lowest BCUT2D eigenvalue weighted by Gasteiger charge is -2.10. The molecule has 0 atom stereocenters. The molecule has 0 radical (unpaired) electrons. The largest absolute Gasteiger partial charge is 0.416 e. The zero-order valence-electron chi connectivity index (χ0n) is 12.5. The number of halogens is 3. The van der Waals surface area contributed by atoms with Gasteiger partial charge < -0.3 is 0 Å². The quantitative estimate of drug-likeness (QED) is 0.671. The molecule has 2 heterocycles. The van der Waals surface area contributed by atoms with Gasteiger partial charge in [0.25, 0.3) is 5.56 Å². The summed E-state index contributed by atoms with van der Waals surface area (Å²) >= 11 is 1.51. The Kier molecular flexibility index (Phi) is 4.31. The number of hydrogen-bond donors (Lipinski definition) is 0. The summed E-state index contributed by atoms with van der Waals surface area (Å²) in [4.78, 5) is 17.6. The fraction of sp³-hybridized carbons (Fsp3) is 0.188. The van der Waals surface area contributed by atoms with Gasteiger partial charge in [-0.15, -0.1) is 11.8 Å². The molecule has 8 heteroatoms. The van der Waals surface area contributed by atoms with Crippen molar-refractivity contribution in [2.75, 3.05) is 5.75 Å². The summed E-state index contributed by atoms with van der Waals surface area (Å²) in [5.41, 5.74) is -1.31. The number of thioether (sulfide) groups is 1. The minimum atomic E-state index is -4.46. The Morgan fingerprint density at radius 2 is 2.04 bits per heavy atom. The van der Waals surface area contributed by atoms with Crippen molar-refractivity contribution in [2.45, 2.75) is 18.0 Å². The van der Waals surface area contributed by atoms with E-state index in [-0.39, 0.29) is 10.8 Å². The van der Waals surface area contributed by atoms with E-state index in [1.165, 1.54) is 24.0 Å². The van der Waals surface area contributed by atoms with E-state index in [1.807, 2.05) is 13.0 Å². The fourth-order valence-electron chi connectivity index (χ4n) is 2.29. The van der Waals surface area contributed by atoms with Crippen LogP contribution < -0.4 is 5.56 Å². The van der Waals surface area contributed by atoms with Crippen LogP contribution in [0.2, 0.25) is 0 Å². The number of hydrogen-bond acceptors (Lipinski definition) is 4. The van der Waals surface area contributed by atoms with Crippen LogP contribution in [0, 0.1) is 0 Å². The maximum atomic E-state index is 12.8. The van der Waals surface area contributed by atoms with Gasteiger partial charge in [-0.25, -0.2) is 4.98 Å². The molecule has 124 valence electrons. The number of rotatable bonds is 3. The molecule has 0 saturated carbocycles. The lowest BCUT2D eigenvalue weighted by Crippen LogP contribution is -2.22. The molecule has 4 nitrogen and oxygen atoms in total. The average molecular weight is 351 g/mol. The lowest BCUT2D eigenvalue weighted by molar-refractivity contribution is -0.137. The molecule has 0 N–H and O–H groups in total. The maximum absolute atomic E-state index is 12.8. The topological polar surface area (TPSA) is 47.8 Å². The molecule has 2 aromatic heterocycles. The highest BCUT2D eigenvalue weighted by Crippen LogP contribution is 2.30. The monoisotopic (exact) mass is 351 g/mol. The van der Waals surface area contributed by atoms with Crippen LogP contribution in [0.4, 0.5) is 13.2 Å². The molecule has 3 rings (SSSR count). The first-order valence-corrected chi connectivity index (χ1v) is 8.08. The van der Waals surface area contributed by atoms with Crippen molar-refractivity contribution >= 4 is 22.5 Å². The number of fused-ring (bicyclic) bond motifs is 1. The van der Waals surface area contributed by atoms with Crippen molar-refractivity contribution in [1.82, 2.24) is 14.8 Å². The number of pyridine rings is 1. The number of aromatic nitrogens is 3. The average Bonchev–Trinajstić information content (AvgIpc) is 2.55. The Bertz CT molecular complexity index is 953. The number of benzene rings is 1. The van der Waals surface area contributed by atoms with E-state index < -0.39 is 17.3 Å². The summed E-state index contributed by atoms with van der Waals surface area (Å²) in [5.74, 6) is 1.16. The third-order valence-electron chi connectivity index (χ3n) is 3.37. The maximum Gasteiger partial charge on any atom is 0.416 e. The molecule has 0 saturated heterocycles. The molecule has 1 aromatic carbocycles. The summed E-state index contributed by atoms with van der Waals surface area (Å²) in [6, 6.07) is 6.57. The van der Waals surface area contributed by atoms with Crippen LogP contribution in [0.1, 0.15) is 12.5 Å². The first-order valence-electron chi connectivity index (χ1n) is 7.09. The lowest BCUT2D eigenvalue weighted by atomic mass is 10.1. The molecular formula is C16H12F3N3OS. The van der Waals surface area contributed by atoms with E-state index >= 15 is 0 Å². The van der Waals surface area contributed by atoms with Gasteiger partial charge in [0.05, 0.1) is 22.0 Å². The molecule has 24 heavy (non-hydrogen) atoms. The molecule has 0 aliphatic carbocycles. The second-order valence-corrected chi connectivity index (χ2v) is 6.23. The molecule has 0 bridgehead atoms. The SMILES string of the molecule is CCSc1cccnc1-n1ncc2cc(C(F)(F)F)ccc2c1=O. The summed E-state index contributed by atoms with van der Waals surface area (Å²) in [6.07, 6.45) is -1.67. The van der Waals surface area contributed by atoms with Crippen LogP contribution in [0.25, 0.3) is 16.6 Å². The van der Waals surface area contributed by atoms with Crippen molar-refractivity contribution in [3.63, 3.8) is 0 Å². The highest BCUT2D eigenvalue weighted by molar-refractivity contribution is 7.99. The number of alkyl halides is 3. The molecule has 0 unspecified atom stereocenters. The van der Waals surface area contributed by atoms with Crippen molar-refractivity contribution in [3.8, 4) is 5.82 Å². The predicted octanol–water partition coefficient (Wildman–Crippen LogP) is 3.91. The molecule has 0 amide bonds. The second kappa shape index (κ2) is 6.27. The first-order chi connectivity index (χ1) is 11.4. The number of nitrogens with zero attached hydrogens (tertiary/aromatic N) is 3. The minimum Gasteiger partial charge on any atom is -0.267 e. The summed E-state index contributed by atoms with van der Waals surface area (Å²) in [7, 11) is 0. The van der Waals surface area contributed by atoms with E-state index in [0.717, 1.165) is 27.5 Å². The minimum absolute atomic E-state index is 0.145. The summed E-state index contributed by atoms with van der Waals surface area (Å²) < 4.78 is 39.5. The summed E-state index contributed by atoms with van der Waals surface area (Å²) in [5, 5.41) is 4.31. The van der Waals surface area contributed by atoms with Gasteiger partial charge in [-0.05, 0) is 36.1 Å². The Labute approximate surface area is 139 Å². The van der Waals surface area contributed by atoms with Crippen LogP contribution in [-0.4, -0.2) is 20.5 Å². The van der Waals surface area contributed by atoms with Gasteiger partial charge in [0, 0.05) is 11.6 Å².